The molecule has 0 aliphatic rings. The lowest BCUT2D eigenvalue weighted by Gasteiger charge is -2.10. The Labute approximate surface area is 111 Å². The lowest BCUT2D eigenvalue weighted by atomic mass is 9.99. The Bertz CT molecular complexity index is 692. The second-order valence-corrected chi connectivity index (χ2v) is 4.07. The SMILES string of the molecule is C#Cc1cc(-c2ccc(F)c(F)c2)cc(C(F)(F)F)c1. The molecule has 2 rings (SSSR count). The summed E-state index contributed by atoms with van der Waals surface area (Å²) in [5.41, 5.74) is -0.731. The Hall–Kier alpha value is -2.35. The summed E-state index contributed by atoms with van der Waals surface area (Å²) in [7, 11) is 0. The summed E-state index contributed by atoms with van der Waals surface area (Å²) >= 11 is 0. The van der Waals surface area contributed by atoms with Crippen molar-refractivity contribution in [2.75, 3.05) is 0 Å². The van der Waals surface area contributed by atoms with E-state index >= 15 is 0 Å². The van der Waals surface area contributed by atoms with Gasteiger partial charge >= 0.3 is 6.18 Å². The second-order valence-electron chi connectivity index (χ2n) is 4.07. The molecule has 0 unspecified atom stereocenters. The molecule has 5 heteroatoms. The maximum atomic E-state index is 13.1. The van der Waals surface area contributed by atoms with Crippen LogP contribution in [-0.4, -0.2) is 0 Å². The summed E-state index contributed by atoms with van der Waals surface area (Å²) in [5.74, 6) is -0.100. The molecular weight excluding hydrogens is 275 g/mol. The number of hydrogen-bond acceptors (Lipinski definition) is 0. The average molecular weight is 282 g/mol. The van der Waals surface area contributed by atoms with Crippen molar-refractivity contribution in [2.24, 2.45) is 0 Å². The van der Waals surface area contributed by atoms with Gasteiger partial charge in [0.05, 0.1) is 5.56 Å². The Morgan fingerprint density at radius 1 is 0.850 bits per heavy atom. The van der Waals surface area contributed by atoms with Crippen molar-refractivity contribution in [3.8, 4) is 23.5 Å². The van der Waals surface area contributed by atoms with Crippen LogP contribution in [0.1, 0.15) is 11.1 Å². The third-order valence-electron chi connectivity index (χ3n) is 2.68. The van der Waals surface area contributed by atoms with Gasteiger partial charge in [0, 0.05) is 5.56 Å². The predicted octanol–water partition coefficient (Wildman–Crippen LogP) is 4.63. The van der Waals surface area contributed by atoms with E-state index in [1.165, 1.54) is 12.1 Å². The average Bonchev–Trinajstić information content (AvgIpc) is 2.40. The van der Waals surface area contributed by atoms with E-state index in [0.29, 0.717) is 0 Å². The molecule has 0 bridgehead atoms. The number of alkyl halides is 3. The monoisotopic (exact) mass is 282 g/mol. The molecule has 2 aromatic carbocycles. The Kier molecular flexibility index (Phi) is 3.49. The Morgan fingerprint density at radius 3 is 2.10 bits per heavy atom. The lowest BCUT2D eigenvalue weighted by molar-refractivity contribution is -0.137. The summed E-state index contributed by atoms with van der Waals surface area (Å²) in [6.07, 6.45) is 0.542. The topological polar surface area (TPSA) is 0 Å². The number of halogens is 5. The molecule has 0 saturated carbocycles. The molecule has 0 nitrogen and oxygen atoms in total. The largest absolute Gasteiger partial charge is 0.416 e. The minimum absolute atomic E-state index is 0.0135. The highest BCUT2D eigenvalue weighted by Crippen LogP contribution is 2.33. The van der Waals surface area contributed by atoms with Gasteiger partial charge in [-0.1, -0.05) is 12.0 Å². The van der Waals surface area contributed by atoms with Gasteiger partial charge in [-0.2, -0.15) is 13.2 Å². The van der Waals surface area contributed by atoms with Gasteiger partial charge in [0.1, 0.15) is 0 Å². The molecule has 0 spiro atoms. The first-order valence-corrected chi connectivity index (χ1v) is 5.45. The summed E-state index contributed by atoms with van der Waals surface area (Å²) in [4.78, 5) is 0. The molecule has 0 aromatic heterocycles. The quantitative estimate of drug-likeness (QED) is 0.528. The zero-order valence-corrected chi connectivity index (χ0v) is 9.93. The molecular formula is C15H7F5. The molecule has 0 aliphatic heterocycles. The summed E-state index contributed by atoms with van der Waals surface area (Å²) in [5, 5.41) is 0. The normalized spacial score (nSPS) is 11.2. The molecule has 0 fully saturated rings. The van der Waals surface area contributed by atoms with Gasteiger partial charge in [-0.15, -0.1) is 6.42 Å². The molecule has 0 amide bonds. The highest BCUT2D eigenvalue weighted by Gasteiger charge is 2.31. The van der Waals surface area contributed by atoms with Gasteiger partial charge in [-0.05, 0) is 41.5 Å². The van der Waals surface area contributed by atoms with Crippen LogP contribution in [0, 0.1) is 24.0 Å². The molecule has 102 valence electrons. The van der Waals surface area contributed by atoms with Gasteiger partial charge < -0.3 is 0 Å². The van der Waals surface area contributed by atoms with Crippen LogP contribution in [-0.2, 0) is 6.18 Å². The molecule has 0 radical (unpaired) electrons. The number of rotatable bonds is 1. The molecule has 0 saturated heterocycles. The molecule has 2 aromatic rings. The fourth-order valence-corrected chi connectivity index (χ4v) is 1.72. The van der Waals surface area contributed by atoms with Gasteiger partial charge in [0.25, 0.3) is 0 Å². The van der Waals surface area contributed by atoms with E-state index in [0.717, 1.165) is 24.3 Å². The minimum Gasteiger partial charge on any atom is -0.204 e. The minimum atomic E-state index is -4.57. The predicted molar refractivity (Wildman–Crippen MR) is 64.7 cm³/mol. The van der Waals surface area contributed by atoms with Gasteiger partial charge in [0.15, 0.2) is 11.6 Å². The van der Waals surface area contributed by atoms with Crippen LogP contribution in [0.25, 0.3) is 11.1 Å². The van der Waals surface area contributed by atoms with Crippen molar-refractivity contribution in [2.45, 2.75) is 6.18 Å². The van der Waals surface area contributed by atoms with E-state index in [-0.39, 0.29) is 16.7 Å². The van der Waals surface area contributed by atoms with E-state index < -0.39 is 23.4 Å². The van der Waals surface area contributed by atoms with Crippen LogP contribution >= 0.6 is 0 Å². The van der Waals surface area contributed by atoms with Crippen molar-refractivity contribution in [3.05, 3.63) is 59.2 Å². The lowest BCUT2D eigenvalue weighted by Crippen LogP contribution is -2.05. The Morgan fingerprint density at radius 2 is 1.55 bits per heavy atom. The fraction of sp³-hybridized carbons (Fsp3) is 0.0667. The van der Waals surface area contributed by atoms with Crippen LogP contribution in [0.15, 0.2) is 36.4 Å². The van der Waals surface area contributed by atoms with Crippen LogP contribution in [0.4, 0.5) is 22.0 Å². The number of hydrogen-bond donors (Lipinski definition) is 0. The summed E-state index contributed by atoms with van der Waals surface area (Å²) < 4.78 is 64.2. The van der Waals surface area contributed by atoms with Crippen molar-refractivity contribution >= 4 is 0 Å². The maximum Gasteiger partial charge on any atom is 0.416 e. The Balaban J connectivity index is 2.62. The smallest absolute Gasteiger partial charge is 0.204 e. The molecule has 0 N–H and O–H groups in total. The third kappa shape index (κ3) is 2.80. The van der Waals surface area contributed by atoms with Crippen molar-refractivity contribution < 1.29 is 22.0 Å². The fourth-order valence-electron chi connectivity index (χ4n) is 1.72. The van der Waals surface area contributed by atoms with Crippen LogP contribution in [0.3, 0.4) is 0 Å². The molecule has 0 heterocycles. The maximum absolute atomic E-state index is 13.1. The van der Waals surface area contributed by atoms with Crippen molar-refractivity contribution in [1.29, 1.82) is 0 Å². The summed E-state index contributed by atoms with van der Waals surface area (Å²) in [6.45, 7) is 0. The standard InChI is InChI=1S/C15H7F5/c1-2-9-5-11(7-12(6-9)15(18,19)20)10-3-4-13(16)14(17)8-10/h1,3-8H. The second kappa shape index (κ2) is 4.97. The number of benzene rings is 2. The third-order valence-corrected chi connectivity index (χ3v) is 2.68. The van der Waals surface area contributed by atoms with Gasteiger partial charge in [-0.3, -0.25) is 0 Å². The van der Waals surface area contributed by atoms with E-state index in [4.69, 9.17) is 6.42 Å². The van der Waals surface area contributed by atoms with Crippen LogP contribution in [0.2, 0.25) is 0 Å². The summed E-state index contributed by atoms with van der Waals surface area (Å²) in [6, 6.07) is 5.83. The zero-order chi connectivity index (χ0) is 14.9. The van der Waals surface area contributed by atoms with Crippen LogP contribution in [0.5, 0.6) is 0 Å². The first-order valence-electron chi connectivity index (χ1n) is 5.45. The van der Waals surface area contributed by atoms with Gasteiger partial charge in [-0.25, -0.2) is 8.78 Å². The van der Waals surface area contributed by atoms with Crippen LogP contribution < -0.4 is 0 Å². The molecule has 0 atom stereocenters. The first-order chi connectivity index (χ1) is 9.31. The molecule has 0 aliphatic carbocycles. The van der Waals surface area contributed by atoms with E-state index in [1.807, 2.05) is 0 Å². The van der Waals surface area contributed by atoms with Crippen molar-refractivity contribution in [1.82, 2.24) is 0 Å². The van der Waals surface area contributed by atoms with Gasteiger partial charge in [0.2, 0.25) is 0 Å². The highest BCUT2D eigenvalue weighted by molar-refractivity contribution is 5.66. The highest BCUT2D eigenvalue weighted by atomic mass is 19.4. The molecule has 20 heavy (non-hydrogen) atoms. The van der Waals surface area contributed by atoms with E-state index in [2.05, 4.69) is 5.92 Å². The zero-order valence-electron chi connectivity index (χ0n) is 9.93. The first kappa shape index (κ1) is 14.1. The van der Waals surface area contributed by atoms with E-state index in [9.17, 15) is 22.0 Å². The number of terminal acetylenes is 1. The van der Waals surface area contributed by atoms with E-state index in [1.54, 1.807) is 0 Å². The van der Waals surface area contributed by atoms with Crippen molar-refractivity contribution in [3.63, 3.8) is 0 Å².